The third-order valence-corrected chi connectivity index (χ3v) is 18.2. The van der Waals surface area contributed by atoms with E-state index in [1.807, 2.05) is 97.1 Å². The monoisotopic (exact) mass is 745 g/mol. The quantitative estimate of drug-likeness (QED) is 0.126. The molecule has 1 aliphatic heterocycles. The van der Waals surface area contributed by atoms with E-state index in [1.165, 1.54) is 21.5 Å². The summed E-state index contributed by atoms with van der Waals surface area (Å²) < 4.78 is 15.6. The van der Waals surface area contributed by atoms with Crippen LogP contribution in [0.4, 0.5) is 0 Å². The number of hydrogen-bond donors (Lipinski definition) is 0. The molecular formula is C49H40N3OPSi. The SMILES string of the molecule is Cc1cc(-c2ccc3c(c2)P(=O)(c2ccccc2)c2ccccc2[Si]3(C)C)ccc1-c1ccc(-c2nc(-c3ccccc3)nc(-c3ccccc3)n2)cc1C. The van der Waals surface area contributed by atoms with Crippen LogP contribution in [0.3, 0.4) is 0 Å². The average Bonchev–Trinajstić information content (AvgIpc) is 3.23. The summed E-state index contributed by atoms with van der Waals surface area (Å²) in [5.74, 6) is 1.94. The molecule has 1 aromatic heterocycles. The lowest BCUT2D eigenvalue weighted by atomic mass is 9.92. The Labute approximate surface area is 324 Å². The molecule has 0 radical (unpaired) electrons. The summed E-state index contributed by atoms with van der Waals surface area (Å²) >= 11 is 0. The van der Waals surface area contributed by atoms with Crippen LogP contribution < -0.4 is 26.3 Å². The third kappa shape index (κ3) is 6.01. The second-order valence-electron chi connectivity index (χ2n) is 14.9. The first-order valence-corrected chi connectivity index (χ1v) is 23.4. The van der Waals surface area contributed by atoms with Crippen molar-refractivity contribution in [3.63, 3.8) is 0 Å². The van der Waals surface area contributed by atoms with Gasteiger partial charge in [0.15, 0.2) is 24.6 Å². The molecule has 0 aliphatic carbocycles. The number of benzene rings is 7. The number of rotatable bonds is 6. The lowest BCUT2D eigenvalue weighted by Gasteiger charge is -2.38. The lowest BCUT2D eigenvalue weighted by Crippen LogP contribution is -2.67. The van der Waals surface area contributed by atoms with Crippen molar-refractivity contribution < 1.29 is 4.57 Å². The van der Waals surface area contributed by atoms with Gasteiger partial charge in [0.05, 0.1) is 0 Å². The van der Waals surface area contributed by atoms with Crippen molar-refractivity contribution in [2.24, 2.45) is 0 Å². The van der Waals surface area contributed by atoms with Crippen LogP contribution in [0.25, 0.3) is 56.4 Å². The average molecular weight is 746 g/mol. The summed E-state index contributed by atoms with van der Waals surface area (Å²) in [5, 5.41) is 5.41. The molecule has 0 fully saturated rings. The fourth-order valence-electron chi connectivity index (χ4n) is 8.16. The Morgan fingerprint density at radius 1 is 0.418 bits per heavy atom. The fraction of sp³-hybridized carbons (Fsp3) is 0.0816. The zero-order valence-electron chi connectivity index (χ0n) is 31.4. The molecule has 2 heterocycles. The Balaban J connectivity index is 1.09. The van der Waals surface area contributed by atoms with Gasteiger partial charge in [0.25, 0.3) is 0 Å². The first-order valence-electron chi connectivity index (χ1n) is 18.7. The molecule has 1 atom stereocenters. The van der Waals surface area contributed by atoms with Gasteiger partial charge in [-0.25, -0.2) is 15.0 Å². The second-order valence-corrected chi connectivity index (χ2v) is 21.9. The largest absolute Gasteiger partial charge is 0.309 e. The van der Waals surface area contributed by atoms with Crippen LogP contribution in [0.1, 0.15) is 11.1 Å². The highest BCUT2D eigenvalue weighted by Gasteiger charge is 2.45. The van der Waals surface area contributed by atoms with Crippen LogP contribution >= 0.6 is 7.14 Å². The Bertz CT molecular complexity index is 2730. The molecule has 7 aromatic carbocycles. The summed E-state index contributed by atoms with van der Waals surface area (Å²) in [6.45, 7) is 9.10. The van der Waals surface area contributed by atoms with Crippen LogP contribution in [-0.4, -0.2) is 23.0 Å². The molecule has 0 saturated carbocycles. The van der Waals surface area contributed by atoms with E-state index in [9.17, 15) is 0 Å². The van der Waals surface area contributed by atoms with E-state index in [1.54, 1.807) is 0 Å². The van der Waals surface area contributed by atoms with E-state index < -0.39 is 15.2 Å². The van der Waals surface area contributed by atoms with Crippen molar-refractivity contribution in [1.82, 2.24) is 15.0 Å². The Morgan fingerprint density at radius 3 is 1.44 bits per heavy atom. The van der Waals surface area contributed by atoms with Crippen molar-refractivity contribution in [2.75, 3.05) is 0 Å². The second kappa shape index (κ2) is 13.7. The first kappa shape index (κ1) is 34.7. The number of aromatic nitrogens is 3. The van der Waals surface area contributed by atoms with Gasteiger partial charge >= 0.3 is 0 Å². The summed E-state index contributed by atoms with van der Waals surface area (Å²) in [6.07, 6.45) is 0. The van der Waals surface area contributed by atoms with Crippen LogP contribution in [0, 0.1) is 13.8 Å². The summed E-state index contributed by atoms with van der Waals surface area (Å²) in [6, 6.07) is 58.5. The maximum Gasteiger partial charge on any atom is 0.170 e. The molecule has 9 rings (SSSR count). The van der Waals surface area contributed by atoms with E-state index in [0.717, 1.165) is 54.9 Å². The van der Waals surface area contributed by atoms with Gasteiger partial charge in [-0.15, -0.1) is 0 Å². The minimum Gasteiger partial charge on any atom is -0.309 e. The molecule has 8 aromatic rings. The number of nitrogens with zero attached hydrogens (tertiary/aromatic N) is 3. The predicted molar refractivity (Wildman–Crippen MR) is 233 cm³/mol. The number of aryl methyl sites for hydroxylation is 2. The van der Waals surface area contributed by atoms with Gasteiger partial charge in [-0.3, -0.25) is 0 Å². The molecule has 0 saturated heterocycles. The molecule has 4 nitrogen and oxygen atoms in total. The number of fused-ring (bicyclic) bond motifs is 2. The van der Waals surface area contributed by atoms with Gasteiger partial charge in [-0.05, 0) is 69.7 Å². The maximum atomic E-state index is 15.6. The number of hydrogen-bond acceptors (Lipinski definition) is 4. The van der Waals surface area contributed by atoms with Crippen molar-refractivity contribution in [3.8, 4) is 56.4 Å². The normalized spacial score (nSPS) is 15.6. The standard InChI is InChI=1S/C49H40N3OPSi/c1-33-30-37(38-26-29-46-44(32-38)54(53,40-20-12-7-13-21-40)43-22-14-15-23-45(43)55(46,3)4)24-27-41(33)42-28-25-39(31-34(42)2)49-51-47(35-16-8-5-9-17-35)50-48(52-49)36-18-10-6-11-19-36/h5-32H,1-4H3. The molecule has 0 bridgehead atoms. The summed E-state index contributed by atoms with van der Waals surface area (Å²) in [5.41, 5.74) is 9.69. The van der Waals surface area contributed by atoms with E-state index in [4.69, 9.17) is 15.0 Å². The third-order valence-electron chi connectivity index (χ3n) is 11.1. The van der Waals surface area contributed by atoms with E-state index in [-0.39, 0.29) is 0 Å². The minimum atomic E-state index is -3.10. The topological polar surface area (TPSA) is 55.7 Å². The molecule has 0 N–H and O–H groups in total. The van der Waals surface area contributed by atoms with Crippen LogP contribution in [-0.2, 0) is 4.57 Å². The van der Waals surface area contributed by atoms with Crippen LogP contribution in [0.5, 0.6) is 0 Å². The Hall–Kier alpha value is -6.00. The van der Waals surface area contributed by atoms with Crippen molar-refractivity contribution >= 4 is 41.5 Å². The lowest BCUT2D eigenvalue weighted by molar-refractivity contribution is 0.592. The predicted octanol–water partition coefficient (Wildman–Crippen LogP) is 9.60. The molecule has 266 valence electrons. The highest BCUT2D eigenvalue weighted by Crippen LogP contribution is 2.45. The van der Waals surface area contributed by atoms with Crippen LogP contribution in [0.15, 0.2) is 170 Å². The van der Waals surface area contributed by atoms with Crippen molar-refractivity contribution in [3.05, 3.63) is 181 Å². The van der Waals surface area contributed by atoms with Gasteiger partial charge in [-0.1, -0.05) is 171 Å². The zero-order valence-corrected chi connectivity index (χ0v) is 33.3. The molecule has 1 aliphatic rings. The zero-order chi connectivity index (χ0) is 37.7. The van der Waals surface area contributed by atoms with Gasteiger partial charge < -0.3 is 4.57 Å². The molecule has 55 heavy (non-hydrogen) atoms. The fourth-order valence-corrected chi connectivity index (χ4v) is 16.4. The van der Waals surface area contributed by atoms with E-state index >= 15 is 4.57 Å². The van der Waals surface area contributed by atoms with Gasteiger partial charge in [0.2, 0.25) is 0 Å². The molecule has 6 heteroatoms. The Kier molecular flexibility index (Phi) is 8.65. The molecule has 0 amide bonds. The van der Waals surface area contributed by atoms with Gasteiger partial charge in [-0.2, -0.15) is 0 Å². The van der Waals surface area contributed by atoms with E-state index in [2.05, 4.69) is 99.7 Å². The highest BCUT2D eigenvalue weighted by atomic mass is 31.2. The summed E-state index contributed by atoms with van der Waals surface area (Å²) in [4.78, 5) is 14.8. The Morgan fingerprint density at radius 2 is 0.855 bits per heavy atom. The van der Waals surface area contributed by atoms with E-state index in [0.29, 0.717) is 17.5 Å². The van der Waals surface area contributed by atoms with Crippen LogP contribution in [0.2, 0.25) is 13.1 Å². The molecule has 1 unspecified atom stereocenters. The summed E-state index contributed by atoms with van der Waals surface area (Å²) in [7, 11) is -5.20. The van der Waals surface area contributed by atoms with Crippen molar-refractivity contribution in [2.45, 2.75) is 26.9 Å². The van der Waals surface area contributed by atoms with Crippen molar-refractivity contribution in [1.29, 1.82) is 0 Å². The minimum absolute atomic E-state index is 0.642. The maximum absolute atomic E-state index is 15.6. The first-order chi connectivity index (χ1) is 26.7. The molecular weight excluding hydrogens is 706 g/mol. The van der Waals surface area contributed by atoms with Gasteiger partial charge in [0, 0.05) is 32.6 Å². The van der Waals surface area contributed by atoms with Gasteiger partial charge in [0.1, 0.15) is 8.07 Å². The molecule has 0 spiro atoms. The highest BCUT2D eigenvalue weighted by molar-refractivity contribution is 7.86. The smallest absolute Gasteiger partial charge is 0.170 e.